The predicted molar refractivity (Wildman–Crippen MR) is 141 cm³/mol. The number of carbonyl (C=O) groups is 1. The molecule has 0 radical (unpaired) electrons. The van der Waals surface area contributed by atoms with Crippen molar-refractivity contribution in [2.75, 3.05) is 13.1 Å². The Balaban J connectivity index is 1.13. The molecule has 3 heterocycles. The SMILES string of the molecule is O=C(CCc1nc(-c2cccc([N+](=O)[O-])c2)no1)N1CCC(c2nc(-c3ccc(Cl)c(Cl)c3)cs2)CC1. The molecule has 37 heavy (non-hydrogen) atoms. The molecular formula is C25H21Cl2N5O4S. The zero-order valence-corrected chi connectivity index (χ0v) is 21.8. The van der Waals surface area contributed by atoms with E-state index < -0.39 is 4.92 Å². The lowest BCUT2D eigenvalue weighted by Crippen LogP contribution is -2.38. The topological polar surface area (TPSA) is 115 Å². The minimum absolute atomic E-state index is 0.0317. The van der Waals surface area contributed by atoms with Gasteiger partial charge in [0.05, 0.1) is 25.7 Å². The highest BCUT2D eigenvalue weighted by molar-refractivity contribution is 7.10. The van der Waals surface area contributed by atoms with Gasteiger partial charge in [-0.1, -0.05) is 46.6 Å². The van der Waals surface area contributed by atoms with Crippen molar-refractivity contribution in [3.63, 3.8) is 0 Å². The number of nitro groups is 1. The van der Waals surface area contributed by atoms with Crippen molar-refractivity contribution < 1.29 is 14.2 Å². The van der Waals surface area contributed by atoms with Gasteiger partial charge in [0.15, 0.2) is 0 Å². The molecular weight excluding hydrogens is 537 g/mol. The van der Waals surface area contributed by atoms with E-state index in [4.69, 9.17) is 32.7 Å². The van der Waals surface area contributed by atoms with E-state index in [1.54, 1.807) is 29.5 Å². The maximum absolute atomic E-state index is 12.8. The van der Waals surface area contributed by atoms with Crippen LogP contribution in [0.4, 0.5) is 5.69 Å². The summed E-state index contributed by atoms with van der Waals surface area (Å²) in [5, 5.41) is 19.0. The fourth-order valence-electron chi connectivity index (χ4n) is 4.24. The van der Waals surface area contributed by atoms with Crippen LogP contribution in [0.25, 0.3) is 22.6 Å². The van der Waals surface area contributed by atoms with Gasteiger partial charge in [-0.3, -0.25) is 14.9 Å². The Labute approximate surface area is 226 Å². The number of aromatic nitrogens is 3. The average Bonchev–Trinajstić information content (AvgIpc) is 3.60. The van der Waals surface area contributed by atoms with Gasteiger partial charge in [0.25, 0.3) is 5.69 Å². The first kappa shape index (κ1) is 25.3. The average molecular weight is 558 g/mol. The van der Waals surface area contributed by atoms with Gasteiger partial charge < -0.3 is 9.42 Å². The van der Waals surface area contributed by atoms with Crippen LogP contribution in [0.2, 0.25) is 10.0 Å². The van der Waals surface area contributed by atoms with Crippen LogP contribution in [0.3, 0.4) is 0 Å². The maximum atomic E-state index is 12.8. The molecule has 12 heteroatoms. The Hall–Kier alpha value is -3.34. The van der Waals surface area contributed by atoms with E-state index >= 15 is 0 Å². The van der Waals surface area contributed by atoms with Crippen molar-refractivity contribution in [2.45, 2.75) is 31.6 Å². The van der Waals surface area contributed by atoms with Crippen LogP contribution in [0, 0.1) is 10.1 Å². The van der Waals surface area contributed by atoms with Crippen molar-refractivity contribution in [1.82, 2.24) is 20.0 Å². The second-order valence-corrected chi connectivity index (χ2v) is 10.4. The molecule has 0 spiro atoms. The number of nitrogens with zero attached hydrogens (tertiary/aromatic N) is 5. The first-order valence-corrected chi connectivity index (χ1v) is 13.3. The lowest BCUT2D eigenvalue weighted by Gasteiger charge is -2.31. The molecule has 2 aromatic heterocycles. The van der Waals surface area contributed by atoms with E-state index in [0.29, 0.717) is 46.9 Å². The van der Waals surface area contributed by atoms with Gasteiger partial charge in [-0.2, -0.15) is 4.98 Å². The maximum Gasteiger partial charge on any atom is 0.270 e. The van der Waals surface area contributed by atoms with E-state index in [1.807, 2.05) is 22.4 Å². The summed E-state index contributed by atoms with van der Waals surface area (Å²) in [4.78, 5) is 34.3. The number of hydrogen-bond acceptors (Lipinski definition) is 8. The fourth-order valence-corrected chi connectivity index (χ4v) is 5.54. The van der Waals surface area contributed by atoms with Crippen LogP contribution in [0.5, 0.6) is 0 Å². The summed E-state index contributed by atoms with van der Waals surface area (Å²) in [6.07, 6.45) is 2.25. The molecule has 0 N–H and O–H groups in total. The Morgan fingerprint density at radius 3 is 2.68 bits per heavy atom. The van der Waals surface area contributed by atoms with E-state index in [1.165, 1.54) is 12.1 Å². The van der Waals surface area contributed by atoms with Gasteiger partial charge in [0.2, 0.25) is 17.6 Å². The van der Waals surface area contributed by atoms with Gasteiger partial charge in [-0.15, -0.1) is 11.3 Å². The van der Waals surface area contributed by atoms with Gasteiger partial charge in [-0.25, -0.2) is 4.98 Å². The van der Waals surface area contributed by atoms with E-state index in [0.717, 1.165) is 29.1 Å². The van der Waals surface area contributed by atoms with E-state index in [2.05, 4.69) is 10.1 Å². The Morgan fingerprint density at radius 1 is 1.11 bits per heavy atom. The quantitative estimate of drug-likeness (QED) is 0.190. The lowest BCUT2D eigenvalue weighted by atomic mass is 9.97. The minimum atomic E-state index is -0.477. The number of rotatable bonds is 7. The molecule has 1 saturated heterocycles. The molecule has 0 unspecified atom stereocenters. The third-order valence-corrected chi connectivity index (χ3v) is 8.02. The Morgan fingerprint density at radius 2 is 1.92 bits per heavy atom. The molecule has 1 amide bonds. The molecule has 9 nitrogen and oxygen atoms in total. The summed E-state index contributed by atoms with van der Waals surface area (Å²) in [7, 11) is 0. The highest BCUT2D eigenvalue weighted by atomic mass is 35.5. The van der Waals surface area contributed by atoms with E-state index in [-0.39, 0.29) is 23.8 Å². The van der Waals surface area contributed by atoms with Crippen molar-refractivity contribution >= 4 is 46.1 Å². The number of thiazole rings is 1. The highest BCUT2D eigenvalue weighted by Gasteiger charge is 2.26. The number of non-ortho nitro benzene ring substituents is 1. The number of hydrogen-bond donors (Lipinski definition) is 0. The van der Waals surface area contributed by atoms with Gasteiger partial charge in [-0.05, 0) is 25.0 Å². The van der Waals surface area contributed by atoms with Gasteiger partial charge >= 0.3 is 0 Å². The summed E-state index contributed by atoms with van der Waals surface area (Å²) >= 11 is 13.8. The van der Waals surface area contributed by atoms with Crippen molar-refractivity contribution in [3.8, 4) is 22.6 Å². The van der Waals surface area contributed by atoms with Gasteiger partial charge in [0.1, 0.15) is 0 Å². The summed E-state index contributed by atoms with van der Waals surface area (Å²) in [6, 6.07) is 11.5. The van der Waals surface area contributed by atoms with Crippen molar-refractivity contribution in [1.29, 1.82) is 0 Å². The second kappa shape index (κ2) is 11.0. The predicted octanol–water partition coefficient (Wildman–Crippen LogP) is 6.41. The minimum Gasteiger partial charge on any atom is -0.343 e. The standard InChI is InChI=1S/C25H21Cl2N5O4S/c26-19-5-4-16(13-20(19)27)21-14-37-25(28-21)15-8-10-31(11-9-15)23(33)7-6-22-29-24(30-36-22)17-2-1-3-18(12-17)32(34)35/h1-5,12-15H,6-11H2. The van der Waals surface area contributed by atoms with Crippen molar-refractivity contribution in [3.05, 3.63) is 78.9 Å². The summed E-state index contributed by atoms with van der Waals surface area (Å²) in [6.45, 7) is 1.32. The smallest absolute Gasteiger partial charge is 0.270 e. The monoisotopic (exact) mass is 557 g/mol. The molecule has 1 fully saturated rings. The third kappa shape index (κ3) is 5.82. The summed E-state index contributed by atoms with van der Waals surface area (Å²) < 4.78 is 5.26. The molecule has 0 saturated carbocycles. The van der Waals surface area contributed by atoms with Crippen molar-refractivity contribution in [2.24, 2.45) is 0 Å². The summed E-state index contributed by atoms with van der Waals surface area (Å²) in [5.74, 6) is 0.918. The first-order chi connectivity index (χ1) is 17.9. The zero-order chi connectivity index (χ0) is 25.9. The number of likely N-dealkylation sites (tertiary alicyclic amines) is 1. The van der Waals surface area contributed by atoms with Crippen LogP contribution in [-0.4, -0.2) is 43.9 Å². The fraction of sp³-hybridized carbons (Fsp3) is 0.280. The van der Waals surface area contributed by atoms with Gasteiger partial charge in [0, 0.05) is 60.5 Å². The molecule has 4 aromatic rings. The molecule has 2 aromatic carbocycles. The number of benzene rings is 2. The number of halogens is 2. The number of amides is 1. The Kier molecular flexibility index (Phi) is 7.50. The Bertz CT molecular complexity index is 1450. The summed E-state index contributed by atoms with van der Waals surface area (Å²) in [5.41, 5.74) is 2.24. The molecule has 0 aliphatic carbocycles. The number of carbonyl (C=O) groups excluding carboxylic acids is 1. The lowest BCUT2D eigenvalue weighted by molar-refractivity contribution is -0.384. The first-order valence-electron chi connectivity index (χ1n) is 11.6. The molecule has 1 aliphatic heterocycles. The number of aryl methyl sites for hydroxylation is 1. The van der Waals surface area contributed by atoms with E-state index in [9.17, 15) is 14.9 Å². The third-order valence-electron chi connectivity index (χ3n) is 6.27. The number of nitro benzene ring substituents is 1. The van der Waals surface area contributed by atoms with Crippen LogP contribution in [0.15, 0.2) is 52.4 Å². The normalized spacial score (nSPS) is 14.2. The van der Waals surface area contributed by atoms with Crippen LogP contribution < -0.4 is 0 Å². The molecule has 5 rings (SSSR count). The number of piperidine rings is 1. The van der Waals surface area contributed by atoms with Crippen LogP contribution in [0.1, 0.15) is 36.1 Å². The van der Waals surface area contributed by atoms with Crippen LogP contribution >= 0.6 is 34.5 Å². The molecule has 1 aliphatic rings. The van der Waals surface area contributed by atoms with Crippen LogP contribution in [-0.2, 0) is 11.2 Å². The molecule has 0 atom stereocenters. The second-order valence-electron chi connectivity index (χ2n) is 8.67. The largest absolute Gasteiger partial charge is 0.343 e. The molecule has 190 valence electrons. The molecule has 0 bridgehead atoms. The zero-order valence-electron chi connectivity index (χ0n) is 19.5. The highest BCUT2D eigenvalue weighted by Crippen LogP contribution is 2.34.